The lowest BCUT2D eigenvalue weighted by atomic mass is 10.0. The summed E-state index contributed by atoms with van der Waals surface area (Å²) >= 11 is 0. The van der Waals surface area contributed by atoms with Crippen LogP contribution in [0, 0.1) is 13.8 Å². The van der Waals surface area contributed by atoms with Crippen LogP contribution in [0.25, 0.3) is 11.1 Å². The van der Waals surface area contributed by atoms with Gasteiger partial charge in [0.1, 0.15) is 5.75 Å². The highest BCUT2D eigenvalue weighted by molar-refractivity contribution is 5.66. The van der Waals surface area contributed by atoms with E-state index in [-0.39, 0.29) is 0 Å². The lowest BCUT2D eigenvalue weighted by molar-refractivity contribution is 0.304. The number of ether oxygens (including phenoxy) is 1. The normalized spacial score (nSPS) is 10.7. The predicted octanol–water partition coefficient (Wildman–Crippen LogP) is 6.10. The highest BCUT2D eigenvalue weighted by atomic mass is 16.5. The van der Waals surface area contributed by atoms with Gasteiger partial charge in [-0.15, -0.1) is 0 Å². The molecule has 0 aliphatic rings. The van der Waals surface area contributed by atoms with Crippen LogP contribution in [-0.4, -0.2) is 11.6 Å². The molecule has 124 valence electrons. The molecule has 0 spiro atoms. The summed E-state index contributed by atoms with van der Waals surface area (Å²) in [5.74, 6) is 0.975. The van der Waals surface area contributed by atoms with Crippen LogP contribution in [-0.2, 0) is 0 Å². The molecule has 2 heteroatoms. The number of pyridine rings is 1. The minimum Gasteiger partial charge on any atom is -0.494 e. The molecule has 0 aliphatic carbocycles. The molecule has 1 aromatic heterocycles. The Morgan fingerprint density at radius 2 is 1.65 bits per heavy atom. The third-order valence-electron chi connectivity index (χ3n) is 4.05. The van der Waals surface area contributed by atoms with E-state index >= 15 is 0 Å². The molecule has 2 rings (SSSR count). The molecular weight excluding hydrogens is 282 g/mol. The quantitative estimate of drug-likeness (QED) is 0.522. The molecule has 23 heavy (non-hydrogen) atoms. The Hall–Kier alpha value is -1.83. The zero-order chi connectivity index (χ0) is 16.5. The van der Waals surface area contributed by atoms with E-state index in [0.717, 1.165) is 24.5 Å². The highest BCUT2D eigenvalue weighted by Gasteiger charge is 2.03. The van der Waals surface area contributed by atoms with E-state index in [4.69, 9.17) is 4.74 Å². The topological polar surface area (TPSA) is 22.1 Å². The van der Waals surface area contributed by atoms with E-state index in [0.29, 0.717) is 0 Å². The number of nitrogens with zero attached hydrogens (tertiary/aromatic N) is 1. The molecule has 0 amide bonds. The van der Waals surface area contributed by atoms with Gasteiger partial charge in [-0.1, -0.05) is 45.1 Å². The molecular formula is C21H29NO. The van der Waals surface area contributed by atoms with Gasteiger partial charge in [0.15, 0.2) is 0 Å². The second kappa shape index (κ2) is 9.34. The maximum Gasteiger partial charge on any atom is 0.120 e. The number of aryl methyl sites for hydroxylation is 2. The Morgan fingerprint density at radius 1 is 0.870 bits per heavy atom. The van der Waals surface area contributed by atoms with Gasteiger partial charge in [0.05, 0.1) is 6.61 Å². The minimum atomic E-state index is 0.810. The van der Waals surface area contributed by atoms with Gasteiger partial charge in [-0.3, -0.25) is 4.98 Å². The summed E-state index contributed by atoms with van der Waals surface area (Å²) in [7, 11) is 0. The first-order valence-corrected chi connectivity index (χ1v) is 8.86. The summed E-state index contributed by atoms with van der Waals surface area (Å²) in [5.41, 5.74) is 4.67. The predicted molar refractivity (Wildman–Crippen MR) is 98.0 cm³/mol. The second-order valence-corrected chi connectivity index (χ2v) is 6.34. The van der Waals surface area contributed by atoms with Crippen molar-refractivity contribution in [1.82, 2.24) is 4.98 Å². The van der Waals surface area contributed by atoms with Crippen LogP contribution in [0.2, 0.25) is 0 Å². The number of aromatic nitrogens is 1. The van der Waals surface area contributed by atoms with Crippen LogP contribution in [0.4, 0.5) is 0 Å². The highest BCUT2D eigenvalue weighted by Crippen LogP contribution is 2.26. The molecule has 0 atom stereocenters. The third-order valence-corrected chi connectivity index (χ3v) is 4.05. The van der Waals surface area contributed by atoms with Crippen molar-refractivity contribution in [3.05, 3.63) is 47.8 Å². The molecule has 2 nitrogen and oxygen atoms in total. The molecule has 0 saturated carbocycles. The van der Waals surface area contributed by atoms with E-state index < -0.39 is 0 Å². The first-order valence-electron chi connectivity index (χ1n) is 8.86. The monoisotopic (exact) mass is 311 g/mol. The lowest BCUT2D eigenvalue weighted by Gasteiger charge is -2.10. The van der Waals surface area contributed by atoms with E-state index in [1.807, 2.05) is 13.1 Å². The molecule has 0 fully saturated rings. The van der Waals surface area contributed by atoms with Crippen molar-refractivity contribution >= 4 is 0 Å². The van der Waals surface area contributed by atoms with Crippen LogP contribution < -0.4 is 4.74 Å². The Balaban J connectivity index is 1.90. The van der Waals surface area contributed by atoms with Gasteiger partial charge < -0.3 is 4.74 Å². The van der Waals surface area contributed by atoms with E-state index in [9.17, 15) is 0 Å². The summed E-state index contributed by atoms with van der Waals surface area (Å²) in [6, 6.07) is 10.6. The van der Waals surface area contributed by atoms with Crippen LogP contribution in [0.15, 0.2) is 36.5 Å². The molecule has 0 N–H and O–H groups in total. The fourth-order valence-corrected chi connectivity index (χ4v) is 2.80. The van der Waals surface area contributed by atoms with Crippen molar-refractivity contribution in [1.29, 1.82) is 0 Å². The fourth-order valence-electron chi connectivity index (χ4n) is 2.80. The number of unbranched alkanes of at least 4 members (excludes halogenated alkanes) is 5. The second-order valence-electron chi connectivity index (χ2n) is 6.34. The van der Waals surface area contributed by atoms with E-state index in [1.54, 1.807) is 0 Å². The van der Waals surface area contributed by atoms with Gasteiger partial charge in [-0.25, -0.2) is 0 Å². The van der Waals surface area contributed by atoms with Crippen molar-refractivity contribution in [3.8, 4) is 16.9 Å². The van der Waals surface area contributed by atoms with Gasteiger partial charge in [0.25, 0.3) is 0 Å². The number of hydrogen-bond acceptors (Lipinski definition) is 2. The maximum absolute atomic E-state index is 5.97. The smallest absolute Gasteiger partial charge is 0.120 e. The third kappa shape index (κ3) is 6.05. The van der Waals surface area contributed by atoms with Gasteiger partial charge in [0.2, 0.25) is 0 Å². The molecule has 0 saturated heterocycles. The molecule has 0 radical (unpaired) electrons. The van der Waals surface area contributed by atoms with Crippen molar-refractivity contribution < 1.29 is 4.74 Å². The molecule has 1 heterocycles. The van der Waals surface area contributed by atoms with Crippen molar-refractivity contribution in [2.75, 3.05) is 6.61 Å². The lowest BCUT2D eigenvalue weighted by Crippen LogP contribution is -1.98. The van der Waals surface area contributed by atoms with Crippen LogP contribution in [0.3, 0.4) is 0 Å². The zero-order valence-corrected chi connectivity index (χ0v) is 14.8. The number of hydrogen-bond donors (Lipinski definition) is 0. The molecule has 2 aromatic rings. The summed E-state index contributed by atoms with van der Waals surface area (Å²) in [4.78, 5) is 4.27. The largest absolute Gasteiger partial charge is 0.494 e. The van der Waals surface area contributed by atoms with E-state index in [2.05, 4.69) is 49.2 Å². The fraction of sp³-hybridized carbons (Fsp3) is 0.476. The first-order chi connectivity index (χ1) is 11.2. The summed E-state index contributed by atoms with van der Waals surface area (Å²) < 4.78 is 5.97. The maximum atomic E-state index is 5.97. The summed E-state index contributed by atoms with van der Waals surface area (Å²) in [6.45, 7) is 7.21. The standard InChI is InChI=1S/C21H29NO/c1-4-5-6-7-8-9-12-23-21-14-17(2)13-20(16-21)19-10-11-22-18(3)15-19/h10-11,13-16H,4-9,12H2,1-3H3. The van der Waals surface area contributed by atoms with Gasteiger partial charge in [0, 0.05) is 11.9 Å². The van der Waals surface area contributed by atoms with Gasteiger partial charge in [-0.2, -0.15) is 0 Å². The Kier molecular flexibility index (Phi) is 7.12. The summed E-state index contributed by atoms with van der Waals surface area (Å²) in [6.07, 6.45) is 9.61. The number of rotatable bonds is 9. The summed E-state index contributed by atoms with van der Waals surface area (Å²) in [5, 5.41) is 0. The number of benzene rings is 1. The van der Waals surface area contributed by atoms with E-state index in [1.165, 1.54) is 48.8 Å². The molecule has 0 unspecified atom stereocenters. The van der Waals surface area contributed by atoms with Crippen LogP contribution >= 0.6 is 0 Å². The SMILES string of the molecule is CCCCCCCCOc1cc(C)cc(-c2ccnc(C)c2)c1. The van der Waals surface area contributed by atoms with Gasteiger partial charge >= 0.3 is 0 Å². The first kappa shape index (κ1) is 17.5. The van der Waals surface area contributed by atoms with Crippen LogP contribution in [0.5, 0.6) is 5.75 Å². The molecule has 1 aromatic carbocycles. The zero-order valence-electron chi connectivity index (χ0n) is 14.8. The van der Waals surface area contributed by atoms with Crippen molar-refractivity contribution in [2.45, 2.75) is 59.3 Å². The average molecular weight is 311 g/mol. The minimum absolute atomic E-state index is 0.810. The Bertz CT molecular complexity index is 607. The van der Waals surface area contributed by atoms with Crippen LogP contribution in [0.1, 0.15) is 56.7 Å². The van der Waals surface area contributed by atoms with Crippen molar-refractivity contribution in [2.24, 2.45) is 0 Å². The van der Waals surface area contributed by atoms with Crippen molar-refractivity contribution in [3.63, 3.8) is 0 Å². The average Bonchev–Trinajstić information content (AvgIpc) is 2.53. The van der Waals surface area contributed by atoms with Gasteiger partial charge in [-0.05, 0) is 61.2 Å². The Labute approximate surface area is 140 Å². The Morgan fingerprint density at radius 3 is 2.43 bits per heavy atom. The molecule has 0 bridgehead atoms. The molecule has 0 aliphatic heterocycles.